The Morgan fingerprint density at radius 1 is 1.25 bits per heavy atom. The lowest BCUT2D eigenvalue weighted by molar-refractivity contribution is 0.0194. The molecule has 4 atom stereocenters. The van der Waals surface area contributed by atoms with Crippen LogP contribution in [0.15, 0.2) is 23.0 Å². The normalized spacial score (nSPS) is 26.9. The quantitative estimate of drug-likeness (QED) is 0.637. The van der Waals surface area contributed by atoms with Gasteiger partial charge in [0.05, 0.1) is 16.7 Å². The number of amides is 2. The number of carbonyl (C=O) groups is 2. The van der Waals surface area contributed by atoms with E-state index in [1.165, 1.54) is 27.7 Å². The van der Waals surface area contributed by atoms with Crippen LogP contribution in [0.3, 0.4) is 0 Å². The fraction of sp³-hybridized carbons (Fsp3) is 0.500. The first-order chi connectivity index (χ1) is 17.1. The van der Waals surface area contributed by atoms with Crippen molar-refractivity contribution in [1.82, 2.24) is 14.4 Å². The van der Waals surface area contributed by atoms with Gasteiger partial charge in [-0.05, 0) is 62.6 Å². The highest BCUT2D eigenvalue weighted by atomic mass is 35.5. The SMILES string of the molecule is CC(O)CCN1C(=O)c2c3c(c(O)c(=O)n2[C@@]12CC[C@H]1C[C@H]12)C(=O)N(Cc1ccc(F)c(Cl)c1)CC3. The van der Waals surface area contributed by atoms with Crippen molar-refractivity contribution >= 4 is 23.4 Å². The summed E-state index contributed by atoms with van der Waals surface area (Å²) < 4.78 is 15.0. The predicted octanol–water partition coefficient (Wildman–Crippen LogP) is 2.85. The van der Waals surface area contributed by atoms with Crippen molar-refractivity contribution in [2.75, 3.05) is 13.1 Å². The van der Waals surface area contributed by atoms with Gasteiger partial charge in [0, 0.05) is 31.1 Å². The Balaban J connectivity index is 1.43. The van der Waals surface area contributed by atoms with Crippen LogP contribution in [0.1, 0.15) is 64.6 Å². The fourth-order valence-corrected chi connectivity index (χ4v) is 6.86. The van der Waals surface area contributed by atoms with Crippen LogP contribution in [0, 0.1) is 17.7 Å². The third-order valence-electron chi connectivity index (χ3n) is 8.42. The minimum atomic E-state index is -0.847. The molecule has 2 aromatic rings. The van der Waals surface area contributed by atoms with E-state index in [-0.39, 0.29) is 41.2 Å². The molecule has 1 aromatic heterocycles. The second kappa shape index (κ2) is 8.05. The summed E-state index contributed by atoms with van der Waals surface area (Å²) in [4.78, 5) is 44.1. The summed E-state index contributed by atoms with van der Waals surface area (Å²) in [6.45, 7) is 2.35. The molecule has 1 unspecified atom stereocenters. The van der Waals surface area contributed by atoms with Crippen LogP contribution < -0.4 is 5.56 Å². The van der Waals surface area contributed by atoms with Crippen LogP contribution in [0.5, 0.6) is 5.75 Å². The smallest absolute Gasteiger partial charge is 0.296 e. The molecule has 36 heavy (non-hydrogen) atoms. The molecule has 2 fully saturated rings. The van der Waals surface area contributed by atoms with Crippen molar-refractivity contribution in [1.29, 1.82) is 0 Å². The van der Waals surface area contributed by atoms with Gasteiger partial charge in [0.2, 0.25) is 0 Å². The van der Waals surface area contributed by atoms with Crippen LogP contribution in [0.4, 0.5) is 4.39 Å². The molecule has 0 saturated heterocycles. The van der Waals surface area contributed by atoms with Crippen molar-refractivity contribution in [3.8, 4) is 5.75 Å². The minimum Gasteiger partial charge on any atom is -0.502 e. The number of carbonyl (C=O) groups excluding carboxylic acids is 2. The van der Waals surface area contributed by atoms with Gasteiger partial charge in [0.15, 0.2) is 5.75 Å². The van der Waals surface area contributed by atoms with Gasteiger partial charge in [-0.25, -0.2) is 4.39 Å². The number of aliphatic hydroxyl groups excluding tert-OH is 1. The Morgan fingerprint density at radius 3 is 2.67 bits per heavy atom. The largest absolute Gasteiger partial charge is 0.502 e. The van der Waals surface area contributed by atoms with E-state index in [0.717, 1.165) is 12.8 Å². The van der Waals surface area contributed by atoms with Crippen molar-refractivity contribution in [2.24, 2.45) is 11.8 Å². The first-order valence-electron chi connectivity index (χ1n) is 12.4. The van der Waals surface area contributed by atoms with E-state index < -0.39 is 34.8 Å². The number of nitrogens with zero attached hydrogens (tertiary/aromatic N) is 3. The van der Waals surface area contributed by atoms with Gasteiger partial charge < -0.3 is 20.0 Å². The van der Waals surface area contributed by atoms with Crippen molar-refractivity contribution < 1.29 is 24.2 Å². The molecule has 3 heterocycles. The number of benzene rings is 1. The molecule has 2 amide bonds. The van der Waals surface area contributed by atoms with Gasteiger partial charge in [-0.3, -0.25) is 19.0 Å². The van der Waals surface area contributed by atoms with Crippen LogP contribution in [0.2, 0.25) is 5.02 Å². The maximum absolute atomic E-state index is 13.8. The first kappa shape index (κ1) is 23.5. The lowest BCUT2D eigenvalue weighted by Crippen LogP contribution is -2.51. The third kappa shape index (κ3) is 3.18. The summed E-state index contributed by atoms with van der Waals surface area (Å²) >= 11 is 5.89. The minimum absolute atomic E-state index is 0.0561. The number of hydrogen-bond donors (Lipinski definition) is 2. The van der Waals surface area contributed by atoms with E-state index in [9.17, 15) is 29.0 Å². The van der Waals surface area contributed by atoms with Crippen LogP contribution >= 0.6 is 11.6 Å². The molecule has 0 radical (unpaired) electrons. The molecular formula is C26H27ClFN3O5. The van der Waals surface area contributed by atoms with E-state index >= 15 is 0 Å². The average Bonchev–Trinajstić information content (AvgIpc) is 3.47. The van der Waals surface area contributed by atoms with Crippen molar-refractivity contribution in [3.05, 3.63) is 61.8 Å². The molecule has 1 spiro atoms. The number of aliphatic hydroxyl groups is 1. The van der Waals surface area contributed by atoms with Gasteiger partial charge in [-0.2, -0.15) is 0 Å². The van der Waals surface area contributed by atoms with Gasteiger partial charge in [0.1, 0.15) is 17.2 Å². The zero-order valence-corrected chi connectivity index (χ0v) is 20.6. The van der Waals surface area contributed by atoms with E-state index in [2.05, 4.69) is 0 Å². The van der Waals surface area contributed by atoms with E-state index in [4.69, 9.17) is 11.6 Å². The topological polar surface area (TPSA) is 103 Å². The number of halogens is 2. The number of aromatic nitrogens is 1. The molecule has 2 aliphatic carbocycles. The maximum Gasteiger partial charge on any atom is 0.296 e. The molecular weight excluding hydrogens is 489 g/mol. The summed E-state index contributed by atoms with van der Waals surface area (Å²) in [5.74, 6) is -1.49. The van der Waals surface area contributed by atoms with Crippen LogP contribution in [-0.4, -0.2) is 55.6 Å². The molecule has 1 aromatic carbocycles. The highest BCUT2D eigenvalue weighted by Gasteiger charge is 2.67. The Kier molecular flexibility index (Phi) is 5.25. The summed E-state index contributed by atoms with van der Waals surface area (Å²) in [7, 11) is 0. The van der Waals surface area contributed by atoms with Crippen molar-refractivity contribution in [3.63, 3.8) is 0 Å². The fourth-order valence-electron chi connectivity index (χ4n) is 6.66. The van der Waals surface area contributed by atoms with Gasteiger partial charge in [-0.15, -0.1) is 0 Å². The van der Waals surface area contributed by atoms with Gasteiger partial charge in [-0.1, -0.05) is 17.7 Å². The molecule has 2 N–H and O–H groups in total. The molecule has 6 rings (SSSR count). The Hall–Kier alpha value is -2.91. The van der Waals surface area contributed by atoms with Gasteiger partial charge >= 0.3 is 0 Å². The lowest BCUT2D eigenvalue weighted by Gasteiger charge is -2.38. The maximum atomic E-state index is 13.8. The summed E-state index contributed by atoms with van der Waals surface area (Å²) in [5, 5.41) is 20.9. The Labute approximate surface area is 211 Å². The molecule has 4 aliphatic rings. The second-order valence-corrected chi connectivity index (χ2v) is 10.9. The van der Waals surface area contributed by atoms with Gasteiger partial charge in [0.25, 0.3) is 17.4 Å². The molecule has 0 bridgehead atoms. The average molecular weight is 516 g/mol. The van der Waals surface area contributed by atoms with Crippen LogP contribution in [-0.2, 0) is 18.6 Å². The molecule has 2 aliphatic heterocycles. The zero-order chi connectivity index (χ0) is 25.5. The number of hydrogen-bond acceptors (Lipinski definition) is 5. The first-order valence-corrected chi connectivity index (χ1v) is 12.8. The Morgan fingerprint density at radius 2 is 2.03 bits per heavy atom. The third-order valence-corrected chi connectivity index (χ3v) is 8.71. The summed E-state index contributed by atoms with van der Waals surface area (Å²) in [6, 6.07) is 4.20. The van der Waals surface area contributed by atoms with Crippen LogP contribution in [0.25, 0.3) is 0 Å². The summed E-state index contributed by atoms with van der Waals surface area (Å²) in [6.07, 6.45) is 2.47. The molecule has 190 valence electrons. The highest BCUT2D eigenvalue weighted by Crippen LogP contribution is 2.64. The molecule has 10 heteroatoms. The number of pyridine rings is 1. The summed E-state index contributed by atoms with van der Waals surface area (Å²) in [5.41, 5.74) is -0.482. The molecule has 2 saturated carbocycles. The predicted molar refractivity (Wildman–Crippen MR) is 128 cm³/mol. The molecule has 8 nitrogen and oxygen atoms in total. The number of aromatic hydroxyl groups is 1. The standard InChI is InChI=1S/C26H27ClFN3O5/c1-13(32)5-9-30-24(35)21-16-6-8-29(12-14-2-3-19(28)18(27)10-14)23(34)20(16)22(33)25(36)31(21)26(30)7-4-15-11-17(15)26/h2-3,10,13,15,17,32-33H,4-9,11-12H2,1H3/t13?,15-,17+,26+/m0/s1. The monoisotopic (exact) mass is 515 g/mol. The van der Waals surface area contributed by atoms with E-state index in [0.29, 0.717) is 42.9 Å². The van der Waals surface area contributed by atoms with E-state index in [1.807, 2.05) is 0 Å². The Bertz CT molecular complexity index is 1370. The number of fused-ring (bicyclic) bond motifs is 6. The van der Waals surface area contributed by atoms with E-state index in [1.54, 1.807) is 11.8 Å². The van der Waals surface area contributed by atoms with Crippen molar-refractivity contribution in [2.45, 2.75) is 57.3 Å². The number of rotatable bonds is 5. The zero-order valence-electron chi connectivity index (χ0n) is 19.8. The second-order valence-electron chi connectivity index (χ2n) is 10.5. The highest BCUT2D eigenvalue weighted by molar-refractivity contribution is 6.30. The lowest BCUT2D eigenvalue weighted by atomic mass is 9.95.